The van der Waals surface area contributed by atoms with E-state index in [4.69, 9.17) is 30.8 Å². The summed E-state index contributed by atoms with van der Waals surface area (Å²) in [7, 11) is 1.46. The summed E-state index contributed by atoms with van der Waals surface area (Å²) in [5.74, 6) is -0.660. The molecule has 2 aromatic carbocycles. The summed E-state index contributed by atoms with van der Waals surface area (Å²) in [5.41, 5.74) is 13.1. The Bertz CT molecular complexity index is 1220. The number of nitrogens with one attached hydrogen (secondary N) is 1. The maximum absolute atomic E-state index is 12.6. The number of amides is 1. The van der Waals surface area contributed by atoms with Gasteiger partial charge in [-0.2, -0.15) is 0 Å². The number of anilines is 1. The highest BCUT2D eigenvalue weighted by atomic mass is 16.5. The fourth-order valence-electron chi connectivity index (χ4n) is 3.39. The van der Waals surface area contributed by atoms with E-state index in [9.17, 15) is 14.7 Å². The number of rotatable bonds is 10. The van der Waals surface area contributed by atoms with Gasteiger partial charge in [0, 0.05) is 5.56 Å². The smallest absolute Gasteiger partial charge is 0.339 e. The van der Waals surface area contributed by atoms with Crippen LogP contribution < -0.4 is 31.0 Å². The first kappa shape index (κ1) is 24.6. The normalized spacial score (nSPS) is 11.6. The van der Waals surface area contributed by atoms with Gasteiger partial charge in [0.1, 0.15) is 30.7 Å². The first-order valence-corrected chi connectivity index (χ1v) is 10.3. The van der Waals surface area contributed by atoms with E-state index < -0.39 is 18.0 Å². The number of benzene rings is 2. The largest absolute Gasteiger partial charge is 0.493 e. The van der Waals surface area contributed by atoms with Gasteiger partial charge in [0.05, 0.1) is 36.0 Å². The number of hydrogen-bond acceptors (Lipinski definition) is 9. The van der Waals surface area contributed by atoms with E-state index >= 15 is 0 Å². The molecule has 11 nitrogen and oxygen atoms in total. The first-order chi connectivity index (χ1) is 16.3. The maximum Gasteiger partial charge on any atom is 0.339 e. The lowest BCUT2D eigenvalue weighted by molar-refractivity contribution is 0.0696. The molecule has 0 aliphatic heterocycles. The van der Waals surface area contributed by atoms with Crippen LogP contribution in [0, 0.1) is 6.92 Å². The average Bonchev–Trinajstić information content (AvgIpc) is 2.80. The molecule has 0 aliphatic rings. The van der Waals surface area contributed by atoms with Crippen LogP contribution in [0.1, 0.15) is 26.4 Å². The van der Waals surface area contributed by atoms with E-state index in [2.05, 4.69) is 10.3 Å². The van der Waals surface area contributed by atoms with Crippen molar-refractivity contribution in [2.75, 3.05) is 32.7 Å². The van der Waals surface area contributed by atoms with E-state index in [0.29, 0.717) is 33.8 Å². The summed E-state index contributed by atoms with van der Waals surface area (Å²) in [6.45, 7) is 1.30. The Morgan fingerprint density at radius 3 is 2.59 bits per heavy atom. The van der Waals surface area contributed by atoms with Crippen molar-refractivity contribution in [3.05, 3.63) is 53.2 Å². The van der Waals surface area contributed by atoms with Crippen molar-refractivity contribution in [3.8, 4) is 17.2 Å². The third-order valence-electron chi connectivity index (χ3n) is 4.92. The molecule has 1 aromatic heterocycles. The zero-order valence-electron chi connectivity index (χ0n) is 18.7. The SMILES string of the molecule is COc1ccc(C(=O)N[C@@H](N)COc2cccc3nc(C)c(C(=O)O)c(N)c23)cc1OCCO. The Morgan fingerprint density at radius 1 is 1.15 bits per heavy atom. The van der Waals surface area contributed by atoms with Crippen molar-refractivity contribution in [2.24, 2.45) is 5.73 Å². The molecule has 0 spiro atoms. The molecule has 0 fully saturated rings. The summed E-state index contributed by atoms with van der Waals surface area (Å²) in [5, 5.41) is 21.4. The van der Waals surface area contributed by atoms with Crippen LogP contribution in [0.4, 0.5) is 5.69 Å². The molecule has 7 N–H and O–H groups in total. The number of aliphatic hydroxyl groups is 1. The molecule has 1 heterocycles. The highest BCUT2D eigenvalue weighted by Crippen LogP contribution is 2.33. The van der Waals surface area contributed by atoms with Crippen LogP contribution in [0.5, 0.6) is 17.2 Å². The summed E-state index contributed by atoms with van der Waals surface area (Å²) >= 11 is 0. The van der Waals surface area contributed by atoms with Gasteiger partial charge in [0.25, 0.3) is 5.91 Å². The van der Waals surface area contributed by atoms with Gasteiger partial charge in [-0.1, -0.05) is 6.07 Å². The zero-order valence-corrected chi connectivity index (χ0v) is 18.7. The predicted octanol–water partition coefficient (Wildman–Crippen LogP) is 1.30. The molecule has 0 saturated carbocycles. The molecular formula is C23H26N4O7. The van der Waals surface area contributed by atoms with Crippen molar-refractivity contribution in [1.82, 2.24) is 10.3 Å². The highest BCUT2D eigenvalue weighted by molar-refractivity contribution is 6.06. The van der Waals surface area contributed by atoms with Gasteiger partial charge < -0.3 is 41.2 Å². The molecule has 0 unspecified atom stereocenters. The molecule has 0 aliphatic carbocycles. The fourth-order valence-corrected chi connectivity index (χ4v) is 3.39. The molecule has 3 aromatic rings. The summed E-state index contributed by atoms with van der Waals surface area (Å²) in [6.07, 6.45) is -0.898. The number of aromatic carboxylic acids is 1. The lowest BCUT2D eigenvalue weighted by Gasteiger charge is -2.18. The number of nitrogens with zero attached hydrogens (tertiary/aromatic N) is 1. The second-order valence-electron chi connectivity index (χ2n) is 7.27. The fraction of sp³-hybridized carbons (Fsp3) is 0.261. The summed E-state index contributed by atoms with van der Waals surface area (Å²) < 4.78 is 16.3. The van der Waals surface area contributed by atoms with E-state index in [1.54, 1.807) is 37.3 Å². The van der Waals surface area contributed by atoms with Gasteiger partial charge in [0.2, 0.25) is 0 Å². The zero-order chi connectivity index (χ0) is 24.8. The minimum atomic E-state index is -1.19. The summed E-state index contributed by atoms with van der Waals surface area (Å²) in [4.78, 5) is 28.5. The van der Waals surface area contributed by atoms with Crippen molar-refractivity contribution < 1.29 is 34.0 Å². The number of fused-ring (bicyclic) bond motifs is 1. The molecule has 1 amide bonds. The van der Waals surface area contributed by atoms with E-state index in [0.717, 1.165) is 0 Å². The lowest BCUT2D eigenvalue weighted by atomic mass is 10.1. The number of nitrogen functional groups attached to an aromatic ring is 1. The topological polar surface area (TPSA) is 179 Å². The van der Waals surface area contributed by atoms with Crippen LogP contribution in [0.2, 0.25) is 0 Å². The molecule has 1 atom stereocenters. The van der Waals surface area contributed by atoms with Gasteiger partial charge in [-0.25, -0.2) is 4.79 Å². The van der Waals surface area contributed by atoms with Gasteiger partial charge in [-0.3, -0.25) is 9.78 Å². The first-order valence-electron chi connectivity index (χ1n) is 10.3. The number of ether oxygens (including phenoxy) is 3. The number of pyridine rings is 1. The molecule has 3 rings (SSSR count). The third-order valence-corrected chi connectivity index (χ3v) is 4.92. The number of methoxy groups -OCH3 is 1. The van der Waals surface area contributed by atoms with E-state index in [1.807, 2.05) is 0 Å². The standard InChI is InChI=1S/C23H26N4O7/c1-12-19(23(30)31)21(25)20-14(26-12)4-3-5-16(20)34-11-18(24)27-22(29)13-6-7-15(32-2)17(10-13)33-9-8-28/h3-7,10,18,28H,8-9,11,24H2,1-2H3,(H2,25,26)(H,27,29)(H,30,31)/t18-/m1/s1. The average molecular weight is 470 g/mol. The highest BCUT2D eigenvalue weighted by Gasteiger charge is 2.20. The lowest BCUT2D eigenvalue weighted by Crippen LogP contribution is -2.45. The summed E-state index contributed by atoms with van der Waals surface area (Å²) in [6, 6.07) is 9.59. The number of aliphatic hydroxyl groups excluding tert-OH is 1. The van der Waals surface area contributed by atoms with Crippen LogP contribution >= 0.6 is 0 Å². The van der Waals surface area contributed by atoms with Gasteiger partial charge in [-0.05, 0) is 37.3 Å². The number of carbonyl (C=O) groups excluding carboxylic acids is 1. The minimum Gasteiger partial charge on any atom is -0.493 e. The third kappa shape index (κ3) is 5.27. The Kier molecular flexibility index (Phi) is 7.71. The Hall–Kier alpha value is -4.09. The Labute approximate surface area is 195 Å². The molecular weight excluding hydrogens is 444 g/mol. The van der Waals surface area contributed by atoms with Crippen LogP contribution in [0.15, 0.2) is 36.4 Å². The predicted molar refractivity (Wildman–Crippen MR) is 124 cm³/mol. The van der Waals surface area contributed by atoms with Crippen LogP contribution in [0.3, 0.4) is 0 Å². The molecule has 11 heteroatoms. The van der Waals surface area contributed by atoms with Crippen molar-refractivity contribution >= 4 is 28.5 Å². The number of carboxylic acid groups (broad SMARTS) is 1. The van der Waals surface area contributed by atoms with Crippen molar-refractivity contribution in [2.45, 2.75) is 13.1 Å². The van der Waals surface area contributed by atoms with Crippen molar-refractivity contribution in [3.63, 3.8) is 0 Å². The molecule has 0 bridgehead atoms. The number of carbonyl (C=O) groups is 2. The van der Waals surface area contributed by atoms with Gasteiger partial charge >= 0.3 is 5.97 Å². The number of aromatic nitrogens is 1. The number of nitrogens with two attached hydrogens (primary N) is 2. The van der Waals surface area contributed by atoms with Crippen LogP contribution in [-0.4, -0.2) is 60.2 Å². The van der Waals surface area contributed by atoms with Crippen LogP contribution in [0.25, 0.3) is 10.9 Å². The molecule has 0 saturated heterocycles. The van der Waals surface area contributed by atoms with Gasteiger partial charge in [0.15, 0.2) is 11.5 Å². The minimum absolute atomic E-state index is 0.0387. The number of aryl methyl sites for hydroxylation is 1. The van der Waals surface area contributed by atoms with Gasteiger partial charge in [-0.15, -0.1) is 0 Å². The Morgan fingerprint density at radius 2 is 1.91 bits per heavy atom. The Balaban J connectivity index is 1.74. The van der Waals surface area contributed by atoms with E-state index in [-0.39, 0.29) is 36.6 Å². The van der Waals surface area contributed by atoms with Crippen molar-refractivity contribution in [1.29, 1.82) is 0 Å². The number of carboxylic acids is 1. The second-order valence-corrected chi connectivity index (χ2v) is 7.27. The number of hydrogen-bond donors (Lipinski definition) is 5. The molecule has 180 valence electrons. The molecule has 0 radical (unpaired) electrons. The second kappa shape index (κ2) is 10.7. The maximum atomic E-state index is 12.6. The van der Waals surface area contributed by atoms with Crippen LogP contribution in [-0.2, 0) is 0 Å². The quantitative estimate of drug-likeness (QED) is 0.271. The molecule has 34 heavy (non-hydrogen) atoms. The van der Waals surface area contributed by atoms with E-state index in [1.165, 1.54) is 13.2 Å². The monoisotopic (exact) mass is 470 g/mol.